The van der Waals surface area contributed by atoms with Gasteiger partial charge in [-0.25, -0.2) is 0 Å². The molecule has 1 saturated carbocycles. The number of Topliss-reactive ketones (excluding diaryl/α,β-unsaturated/α-hetero) is 1. The molecule has 0 unspecified atom stereocenters. The standard InChI is InChI=1S/C12H23NO/c1-4-13(9-10(2)3)11-5-7-12(14)8-6-11/h10-11H,4-9H2,1-3H3. The lowest BCUT2D eigenvalue weighted by Crippen LogP contribution is -2.40. The van der Waals surface area contributed by atoms with Crippen LogP contribution in [0, 0.1) is 5.92 Å². The molecular weight excluding hydrogens is 174 g/mol. The van der Waals surface area contributed by atoms with E-state index in [4.69, 9.17) is 0 Å². The Morgan fingerprint density at radius 1 is 1.36 bits per heavy atom. The maximum atomic E-state index is 11.1. The molecule has 0 spiro atoms. The summed E-state index contributed by atoms with van der Waals surface area (Å²) in [7, 11) is 0. The predicted molar refractivity (Wildman–Crippen MR) is 59.3 cm³/mol. The first-order chi connectivity index (χ1) is 6.63. The van der Waals surface area contributed by atoms with Crippen LogP contribution in [0.3, 0.4) is 0 Å². The van der Waals surface area contributed by atoms with E-state index in [1.54, 1.807) is 0 Å². The van der Waals surface area contributed by atoms with Gasteiger partial charge in [-0.2, -0.15) is 0 Å². The minimum absolute atomic E-state index is 0.460. The van der Waals surface area contributed by atoms with E-state index in [-0.39, 0.29) is 0 Å². The van der Waals surface area contributed by atoms with Crippen molar-refractivity contribution in [1.29, 1.82) is 0 Å². The quantitative estimate of drug-likeness (QED) is 0.690. The van der Waals surface area contributed by atoms with Crippen molar-refractivity contribution in [2.75, 3.05) is 13.1 Å². The summed E-state index contributed by atoms with van der Waals surface area (Å²) in [5.74, 6) is 1.19. The first-order valence-corrected chi connectivity index (χ1v) is 5.89. The predicted octanol–water partition coefficient (Wildman–Crippen LogP) is 2.48. The van der Waals surface area contributed by atoms with Gasteiger partial charge in [-0.3, -0.25) is 4.79 Å². The first-order valence-electron chi connectivity index (χ1n) is 5.89. The lowest BCUT2D eigenvalue weighted by molar-refractivity contribution is -0.121. The molecule has 0 N–H and O–H groups in total. The molecule has 0 aromatic heterocycles. The van der Waals surface area contributed by atoms with Gasteiger partial charge in [0, 0.05) is 25.4 Å². The zero-order valence-corrected chi connectivity index (χ0v) is 9.75. The molecule has 0 aromatic rings. The fourth-order valence-electron chi connectivity index (χ4n) is 2.30. The van der Waals surface area contributed by atoms with Crippen LogP contribution < -0.4 is 0 Å². The van der Waals surface area contributed by atoms with E-state index in [1.807, 2.05) is 0 Å². The Balaban J connectivity index is 2.40. The normalized spacial score (nSPS) is 19.6. The highest BCUT2D eigenvalue weighted by atomic mass is 16.1. The van der Waals surface area contributed by atoms with E-state index < -0.39 is 0 Å². The molecule has 0 amide bonds. The van der Waals surface area contributed by atoms with Crippen LogP contribution in [0.5, 0.6) is 0 Å². The Bertz CT molecular complexity index is 179. The van der Waals surface area contributed by atoms with Crippen LogP contribution in [0.25, 0.3) is 0 Å². The summed E-state index contributed by atoms with van der Waals surface area (Å²) in [4.78, 5) is 13.7. The van der Waals surface area contributed by atoms with Crippen molar-refractivity contribution in [1.82, 2.24) is 4.90 Å². The van der Waals surface area contributed by atoms with Crippen LogP contribution >= 0.6 is 0 Å². The Hall–Kier alpha value is -0.370. The van der Waals surface area contributed by atoms with E-state index >= 15 is 0 Å². The number of carbonyl (C=O) groups excluding carboxylic acids is 1. The topological polar surface area (TPSA) is 20.3 Å². The minimum Gasteiger partial charge on any atom is -0.300 e. The SMILES string of the molecule is CCN(CC(C)C)C1CCC(=O)CC1. The van der Waals surface area contributed by atoms with Gasteiger partial charge in [0.2, 0.25) is 0 Å². The first kappa shape index (κ1) is 11.7. The van der Waals surface area contributed by atoms with Crippen LogP contribution in [0.1, 0.15) is 46.5 Å². The fourth-order valence-corrected chi connectivity index (χ4v) is 2.30. The molecule has 1 aliphatic rings. The number of hydrogen-bond acceptors (Lipinski definition) is 2. The molecule has 0 aromatic carbocycles. The number of hydrogen-bond donors (Lipinski definition) is 0. The van der Waals surface area contributed by atoms with Gasteiger partial charge >= 0.3 is 0 Å². The van der Waals surface area contributed by atoms with Gasteiger partial charge < -0.3 is 4.90 Å². The molecule has 0 saturated heterocycles. The lowest BCUT2D eigenvalue weighted by atomic mass is 9.92. The summed E-state index contributed by atoms with van der Waals surface area (Å²) in [6.07, 6.45) is 3.78. The van der Waals surface area contributed by atoms with Crippen molar-refractivity contribution in [3.05, 3.63) is 0 Å². The summed E-state index contributed by atoms with van der Waals surface area (Å²) in [6.45, 7) is 9.04. The lowest BCUT2D eigenvalue weighted by Gasteiger charge is -2.34. The second-order valence-corrected chi connectivity index (χ2v) is 4.75. The maximum Gasteiger partial charge on any atom is 0.133 e. The second-order valence-electron chi connectivity index (χ2n) is 4.75. The zero-order chi connectivity index (χ0) is 10.6. The van der Waals surface area contributed by atoms with Crippen LogP contribution in [0.15, 0.2) is 0 Å². The van der Waals surface area contributed by atoms with Crippen molar-refractivity contribution in [3.63, 3.8) is 0 Å². The Morgan fingerprint density at radius 2 is 1.93 bits per heavy atom. The molecule has 0 bridgehead atoms. The molecule has 0 atom stereocenters. The van der Waals surface area contributed by atoms with Crippen molar-refractivity contribution >= 4 is 5.78 Å². The van der Waals surface area contributed by atoms with E-state index in [9.17, 15) is 4.79 Å². The Kier molecular flexibility index (Phi) is 4.59. The third-order valence-electron chi connectivity index (χ3n) is 3.04. The van der Waals surface area contributed by atoms with Crippen LogP contribution in [0.2, 0.25) is 0 Å². The number of ketones is 1. The van der Waals surface area contributed by atoms with Gasteiger partial charge in [-0.1, -0.05) is 20.8 Å². The van der Waals surface area contributed by atoms with Gasteiger partial charge in [0.25, 0.3) is 0 Å². The highest BCUT2D eigenvalue weighted by molar-refractivity contribution is 5.79. The molecule has 1 aliphatic carbocycles. The van der Waals surface area contributed by atoms with Crippen LogP contribution in [-0.4, -0.2) is 29.8 Å². The van der Waals surface area contributed by atoms with Gasteiger partial charge in [-0.05, 0) is 25.3 Å². The van der Waals surface area contributed by atoms with E-state index in [1.165, 1.54) is 6.54 Å². The third-order valence-corrected chi connectivity index (χ3v) is 3.04. The zero-order valence-electron chi connectivity index (χ0n) is 9.75. The van der Waals surface area contributed by atoms with E-state index in [0.29, 0.717) is 11.8 Å². The van der Waals surface area contributed by atoms with E-state index in [2.05, 4.69) is 25.7 Å². The molecule has 0 heterocycles. The molecule has 2 nitrogen and oxygen atoms in total. The minimum atomic E-state index is 0.460. The van der Waals surface area contributed by atoms with Crippen LogP contribution in [0.4, 0.5) is 0 Å². The average molecular weight is 197 g/mol. The molecule has 1 rings (SSSR count). The summed E-state index contributed by atoms with van der Waals surface area (Å²) >= 11 is 0. The molecule has 0 aliphatic heterocycles. The Labute approximate surface area is 87.7 Å². The highest BCUT2D eigenvalue weighted by Gasteiger charge is 2.23. The number of carbonyl (C=O) groups is 1. The molecular formula is C12H23NO. The second kappa shape index (κ2) is 5.50. The smallest absolute Gasteiger partial charge is 0.133 e. The van der Waals surface area contributed by atoms with E-state index in [0.717, 1.165) is 38.1 Å². The monoisotopic (exact) mass is 197 g/mol. The third kappa shape index (κ3) is 3.41. The van der Waals surface area contributed by atoms with Crippen molar-refractivity contribution < 1.29 is 4.79 Å². The number of rotatable bonds is 4. The molecule has 82 valence electrons. The Morgan fingerprint density at radius 3 is 2.36 bits per heavy atom. The van der Waals surface area contributed by atoms with Gasteiger partial charge in [0.1, 0.15) is 5.78 Å². The van der Waals surface area contributed by atoms with Crippen molar-refractivity contribution in [3.8, 4) is 0 Å². The molecule has 1 fully saturated rings. The summed E-state index contributed by atoms with van der Waals surface area (Å²) in [5, 5.41) is 0. The summed E-state index contributed by atoms with van der Waals surface area (Å²) < 4.78 is 0. The maximum absolute atomic E-state index is 11.1. The highest BCUT2D eigenvalue weighted by Crippen LogP contribution is 2.21. The molecule has 2 heteroatoms. The summed E-state index contributed by atoms with van der Waals surface area (Å²) in [6, 6.07) is 0.667. The largest absolute Gasteiger partial charge is 0.300 e. The average Bonchev–Trinajstić information content (AvgIpc) is 2.15. The molecule has 14 heavy (non-hydrogen) atoms. The summed E-state index contributed by atoms with van der Waals surface area (Å²) in [5.41, 5.74) is 0. The van der Waals surface area contributed by atoms with Crippen molar-refractivity contribution in [2.24, 2.45) is 5.92 Å². The molecule has 0 radical (unpaired) electrons. The van der Waals surface area contributed by atoms with Gasteiger partial charge in [0.05, 0.1) is 0 Å². The van der Waals surface area contributed by atoms with Gasteiger partial charge in [-0.15, -0.1) is 0 Å². The van der Waals surface area contributed by atoms with Crippen molar-refractivity contribution in [2.45, 2.75) is 52.5 Å². The van der Waals surface area contributed by atoms with Crippen LogP contribution in [-0.2, 0) is 4.79 Å². The number of nitrogens with zero attached hydrogens (tertiary/aromatic N) is 1. The van der Waals surface area contributed by atoms with Gasteiger partial charge in [0.15, 0.2) is 0 Å². The fraction of sp³-hybridized carbons (Fsp3) is 0.917.